The lowest BCUT2D eigenvalue weighted by Crippen LogP contribution is -2.48. The van der Waals surface area contributed by atoms with Crippen molar-refractivity contribution in [2.75, 3.05) is 39.8 Å². The molecule has 1 aromatic carbocycles. The van der Waals surface area contributed by atoms with Gasteiger partial charge in [0.2, 0.25) is 0 Å². The second-order valence-electron chi connectivity index (χ2n) is 7.89. The molecule has 146 valence electrons. The Kier molecular flexibility index (Phi) is 5.92. The topological polar surface area (TPSA) is 59.3 Å². The highest BCUT2D eigenvalue weighted by Crippen LogP contribution is 2.35. The Hall–Kier alpha value is -2.25. The van der Waals surface area contributed by atoms with Gasteiger partial charge in [-0.2, -0.15) is 0 Å². The molecule has 1 fully saturated rings. The standard InChI is InChI=1S/C20H30N6O/c1-6-11-24-12-14-25(15-13-24)18(16-9-7-8-10-17(16)27-5)19-21-22-23-26(19)20(2,3)4/h6-10,18H,1,11-15H2,2-5H3/t18-/m0/s1. The molecule has 0 amide bonds. The summed E-state index contributed by atoms with van der Waals surface area (Å²) in [5.41, 5.74) is 0.890. The molecule has 2 heterocycles. The smallest absolute Gasteiger partial charge is 0.173 e. The molecule has 1 aliphatic rings. The van der Waals surface area contributed by atoms with E-state index in [0.717, 1.165) is 49.9 Å². The summed E-state index contributed by atoms with van der Waals surface area (Å²) in [5, 5.41) is 12.7. The third-order valence-corrected chi connectivity index (χ3v) is 4.97. The van der Waals surface area contributed by atoms with Crippen molar-refractivity contribution in [3.8, 4) is 5.75 Å². The van der Waals surface area contributed by atoms with E-state index in [0.29, 0.717) is 0 Å². The van der Waals surface area contributed by atoms with E-state index in [9.17, 15) is 0 Å². The summed E-state index contributed by atoms with van der Waals surface area (Å²) in [7, 11) is 1.71. The van der Waals surface area contributed by atoms with E-state index in [1.165, 1.54) is 0 Å². The third kappa shape index (κ3) is 4.20. The Morgan fingerprint density at radius 2 is 1.89 bits per heavy atom. The number of methoxy groups -OCH3 is 1. The van der Waals surface area contributed by atoms with Crippen LogP contribution in [0.3, 0.4) is 0 Å². The first kappa shape index (κ1) is 19.5. The van der Waals surface area contributed by atoms with Crippen molar-refractivity contribution in [2.24, 2.45) is 0 Å². The van der Waals surface area contributed by atoms with Crippen molar-refractivity contribution < 1.29 is 4.74 Å². The van der Waals surface area contributed by atoms with Gasteiger partial charge in [0.25, 0.3) is 0 Å². The van der Waals surface area contributed by atoms with Gasteiger partial charge in [0, 0.05) is 38.3 Å². The number of rotatable bonds is 6. The van der Waals surface area contributed by atoms with Crippen molar-refractivity contribution >= 4 is 0 Å². The number of hydrogen-bond donors (Lipinski definition) is 0. The van der Waals surface area contributed by atoms with Gasteiger partial charge < -0.3 is 4.74 Å². The van der Waals surface area contributed by atoms with Gasteiger partial charge in [0.15, 0.2) is 5.82 Å². The zero-order valence-corrected chi connectivity index (χ0v) is 16.8. The van der Waals surface area contributed by atoms with Gasteiger partial charge in [0.05, 0.1) is 12.6 Å². The van der Waals surface area contributed by atoms with Crippen molar-refractivity contribution in [3.63, 3.8) is 0 Å². The molecule has 27 heavy (non-hydrogen) atoms. The fraction of sp³-hybridized carbons (Fsp3) is 0.550. The van der Waals surface area contributed by atoms with E-state index in [2.05, 4.69) is 58.7 Å². The molecule has 7 heteroatoms. The van der Waals surface area contributed by atoms with Crippen LogP contribution in [-0.4, -0.2) is 69.8 Å². The van der Waals surface area contributed by atoms with Crippen LogP contribution in [0.25, 0.3) is 0 Å². The summed E-state index contributed by atoms with van der Waals surface area (Å²) in [4.78, 5) is 4.86. The number of tetrazole rings is 1. The summed E-state index contributed by atoms with van der Waals surface area (Å²) in [6.45, 7) is 15.0. The zero-order chi connectivity index (χ0) is 19.4. The van der Waals surface area contributed by atoms with Crippen LogP contribution in [-0.2, 0) is 5.54 Å². The van der Waals surface area contributed by atoms with Crippen LogP contribution >= 0.6 is 0 Å². The molecule has 0 aliphatic carbocycles. The number of piperazine rings is 1. The molecule has 1 saturated heterocycles. The highest BCUT2D eigenvalue weighted by molar-refractivity contribution is 5.39. The lowest BCUT2D eigenvalue weighted by Gasteiger charge is -2.39. The SMILES string of the molecule is C=CCN1CCN([C@@H](c2ccccc2OC)c2nnnn2C(C)(C)C)CC1. The minimum atomic E-state index is -0.205. The minimum Gasteiger partial charge on any atom is -0.496 e. The lowest BCUT2D eigenvalue weighted by molar-refractivity contribution is 0.109. The Morgan fingerprint density at radius 1 is 1.19 bits per heavy atom. The second kappa shape index (κ2) is 8.19. The number of aromatic nitrogens is 4. The van der Waals surface area contributed by atoms with Gasteiger partial charge in [0.1, 0.15) is 11.8 Å². The molecule has 1 aliphatic heterocycles. The third-order valence-electron chi connectivity index (χ3n) is 4.97. The molecule has 7 nitrogen and oxygen atoms in total. The van der Waals surface area contributed by atoms with Crippen molar-refractivity contribution in [1.82, 2.24) is 30.0 Å². The fourth-order valence-corrected chi connectivity index (χ4v) is 3.62. The number of para-hydroxylation sites is 1. The molecule has 0 N–H and O–H groups in total. The Morgan fingerprint density at radius 3 is 2.52 bits per heavy atom. The van der Waals surface area contributed by atoms with Gasteiger partial charge in [-0.05, 0) is 37.3 Å². The molecule has 0 bridgehead atoms. The van der Waals surface area contributed by atoms with Gasteiger partial charge in [-0.15, -0.1) is 11.7 Å². The van der Waals surface area contributed by atoms with Crippen molar-refractivity contribution in [3.05, 3.63) is 48.3 Å². The molecule has 0 unspecified atom stereocenters. The van der Waals surface area contributed by atoms with Crippen LogP contribution in [0.1, 0.15) is 38.2 Å². The number of benzene rings is 1. The predicted molar refractivity (Wildman–Crippen MR) is 106 cm³/mol. The van der Waals surface area contributed by atoms with Crippen LogP contribution in [0, 0.1) is 0 Å². The summed E-state index contributed by atoms with van der Waals surface area (Å²) in [5.74, 6) is 1.71. The molecule has 1 aromatic heterocycles. The lowest BCUT2D eigenvalue weighted by atomic mass is 10.0. The minimum absolute atomic E-state index is 0.0544. The largest absolute Gasteiger partial charge is 0.496 e. The molecule has 0 spiro atoms. The predicted octanol–water partition coefficient (Wildman–Crippen LogP) is 2.33. The fourth-order valence-electron chi connectivity index (χ4n) is 3.62. The quantitative estimate of drug-likeness (QED) is 0.728. The molecule has 0 radical (unpaired) electrons. The zero-order valence-electron chi connectivity index (χ0n) is 16.8. The van der Waals surface area contributed by atoms with Gasteiger partial charge in [-0.3, -0.25) is 9.80 Å². The number of ether oxygens (including phenoxy) is 1. The first-order valence-electron chi connectivity index (χ1n) is 9.44. The summed E-state index contributed by atoms with van der Waals surface area (Å²) < 4.78 is 7.60. The average Bonchev–Trinajstić information content (AvgIpc) is 3.14. The number of nitrogens with zero attached hydrogens (tertiary/aromatic N) is 6. The second-order valence-corrected chi connectivity index (χ2v) is 7.89. The normalized spacial score (nSPS) is 17.6. The van der Waals surface area contributed by atoms with Gasteiger partial charge >= 0.3 is 0 Å². The molecule has 2 aromatic rings. The van der Waals surface area contributed by atoms with Crippen LogP contribution in [0.15, 0.2) is 36.9 Å². The number of hydrogen-bond acceptors (Lipinski definition) is 6. The van der Waals surface area contributed by atoms with Crippen LogP contribution in [0.5, 0.6) is 5.75 Å². The molecule has 1 atom stereocenters. The van der Waals surface area contributed by atoms with Crippen molar-refractivity contribution in [2.45, 2.75) is 32.4 Å². The molecular formula is C20H30N6O. The van der Waals surface area contributed by atoms with E-state index >= 15 is 0 Å². The molecular weight excluding hydrogens is 340 g/mol. The van der Waals surface area contributed by atoms with Crippen LogP contribution in [0.2, 0.25) is 0 Å². The summed E-state index contributed by atoms with van der Waals surface area (Å²) >= 11 is 0. The first-order valence-corrected chi connectivity index (χ1v) is 9.44. The van der Waals surface area contributed by atoms with Crippen molar-refractivity contribution in [1.29, 1.82) is 0 Å². The monoisotopic (exact) mass is 370 g/mol. The highest BCUT2D eigenvalue weighted by Gasteiger charge is 2.34. The van der Waals surface area contributed by atoms with Crippen LogP contribution < -0.4 is 4.74 Å². The summed E-state index contributed by atoms with van der Waals surface area (Å²) in [6, 6.07) is 8.10. The van der Waals surface area contributed by atoms with Gasteiger partial charge in [-0.1, -0.05) is 24.3 Å². The first-order chi connectivity index (χ1) is 13.0. The van der Waals surface area contributed by atoms with E-state index in [4.69, 9.17) is 4.74 Å². The van der Waals surface area contributed by atoms with Crippen LogP contribution in [0.4, 0.5) is 0 Å². The van der Waals surface area contributed by atoms with E-state index in [1.54, 1.807) is 7.11 Å². The maximum Gasteiger partial charge on any atom is 0.173 e. The maximum absolute atomic E-state index is 5.67. The Labute approximate surface area is 161 Å². The van der Waals surface area contributed by atoms with Gasteiger partial charge in [-0.25, -0.2) is 4.68 Å². The Bertz CT molecular complexity index is 758. The van der Waals surface area contributed by atoms with E-state index in [-0.39, 0.29) is 11.6 Å². The maximum atomic E-state index is 5.67. The van der Waals surface area contributed by atoms with E-state index in [1.807, 2.05) is 29.0 Å². The average molecular weight is 371 g/mol. The highest BCUT2D eigenvalue weighted by atomic mass is 16.5. The summed E-state index contributed by atoms with van der Waals surface area (Å²) in [6.07, 6.45) is 1.97. The van der Waals surface area contributed by atoms with E-state index < -0.39 is 0 Å². The Balaban J connectivity index is 2.01. The molecule has 0 saturated carbocycles. The molecule has 3 rings (SSSR count).